The first-order valence-electron chi connectivity index (χ1n) is 9.33. The van der Waals surface area contributed by atoms with Crippen molar-refractivity contribution in [3.63, 3.8) is 0 Å². The van der Waals surface area contributed by atoms with E-state index in [-0.39, 0.29) is 18.3 Å². The number of nitrogens with zero attached hydrogens (tertiary/aromatic N) is 2. The Morgan fingerprint density at radius 3 is 2.83 bits per heavy atom. The summed E-state index contributed by atoms with van der Waals surface area (Å²) >= 11 is 3.45. The predicted molar refractivity (Wildman–Crippen MR) is 114 cm³/mol. The quantitative estimate of drug-likeness (QED) is 0.431. The number of nitrogens with one attached hydrogen (secondary N) is 1. The van der Waals surface area contributed by atoms with Crippen molar-refractivity contribution in [3.8, 4) is 5.75 Å². The molecule has 0 saturated heterocycles. The molecule has 29 heavy (non-hydrogen) atoms. The molecule has 2 heterocycles. The van der Waals surface area contributed by atoms with Crippen LogP contribution in [0.4, 0.5) is 0 Å². The van der Waals surface area contributed by atoms with Crippen molar-refractivity contribution < 1.29 is 13.9 Å². The lowest BCUT2D eigenvalue weighted by Gasteiger charge is -2.08. The van der Waals surface area contributed by atoms with Gasteiger partial charge in [-0.25, -0.2) is 0 Å². The van der Waals surface area contributed by atoms with E-state index in [1.54, 1.807) is 16.8 Å². The minimum absolute atomic E-state index is 0.243. The lowest BCUT2D eigenvalue weighted by Crippen LogP contribution is -2.22. The third-order valence-corrected chi connectivity index (χ3v) is 5.20. The molecule has 0 aliphatic rings. The lowest BCUT2D eigenvalue weighted by atomic mass is 10.1. The number of rotatable bonds is 7. The molecule has 0 aliphatic carbocycles. The van der Waals surface area contributed by atoms with Crippen molar-refractivity contribution >= 4 is 32.6 Å². The summed E-state index contributed by atoms with van der Waals surface area (Å²) in [5, 5.41) is 9.37. The van der Waals surface area contributed by atoms with Gasteiger partial charge in [0.25, 0.3) is 5.91 Å². The molecule has 0 unspecified atom stereocenters. The maximum atomic E-state index is 12.4. The Morgan fingerprint density at radius 1 is 1.17 bits per heavy atom. The summed E-state index contributed by atoms with van der Waals surface area (Å²) in [5.74, 6) is 1.31. The van der Waals surface area contributed by atoms with E-state index in [0.29, 0.717) is 12.3 Å². The van der Waals surface area contributed by atoms with Crippen LogP contribution in [-0.4, -0.2) is 15.7 Å². The number of hydrogen-bond acceptors (Lipinski definition) is 4. The summed E-state index contributed by atoms with van der Waals surface area (Å²) in [6.07, 6.45) is 1.89. The van der Waals surface area contributed by atoms with Gasteiger partial charge in [0, 0.05) is 18.1 Å². The topological polar surface area (TPSA) is 69.3 Å². The number of ether oxygens (including phenoxy) is 1. The van der Waals surface area contributed by atoms with Crippen LogP contribution in [-0.2, 0) is 19.7 Å². The van der Waals surface area contributed by atoms with Crippen LogP contribution in [0.2, 0.25) is 0 Å². The Balaban J connectivity index is 1.37. The van der Waals surface area contributed by atoms with E-state index >= 15 is 0 Å². The first kappa shape index (κ1) is 19.3. The van der Waals surface area contributed by atoms with E-state index in [4.69, 9.17) is 9.15 Å². The highest BCUT2D eigenvalue weighted by atomic mass is 79.9. The monoisotopic (exact) mass is 453 g/mol. The zero-order valence-electron chi connectivity index (χ0n) is 15.9. The van der Waals surface area contributed by atoms with E-state index in [9.17, 15) is 4.79 Å². The van der Waals surface area contributed by atoms with Gasteiger partial charge in [-0.2, -0.15) is 5.10 Å². The van der Waals surface area contributed by atoms with Crippen LogP contribution in [0.3, 0.4) is 0 Å². The summed E-state index contributed by atoms with van der Waals surface area (Å²) in [6, 6.07) is 17.4. The van der Waals surface area contributed by atoms with Crippen molar-refractivity contribution in [1.29, 1.82) is 0 Å². The second-order valence-electron chi connectivity index (χ2n) is 6.49. The second kappa shape index (κ2) is 8.53. The predicted octanol–water partition coefficient (Wildman–Crippen LogP) is 4.92. The van der Waals surface area contributed by atoms with Gasteiger partial charge in [-0.1, -0.05) is 36.4 Å². The zero-order chi connectivity index (χ0) is 20.2. The van der Waals surface area contributed by atoms with E-state index in [0.717, 1.165) is 33.2 Å². The van der Waals surface area contributed by atoms with Crippen LogP contribution in [0.5, 0.6) is 5.75 Å². The Kier molecular flexibility index (Phi) is 5.67. The summed E-state index contributed by atoms with van der Waals surface area (Å²) in [6.45, 7) is 3.33. The fourth-order valence-electron chi connectivity index (χ4n) is 3.02. The summed E-state index contributed by atoms with van der Waals surface area (Å²) < 4.78 is 14.2. The van der Waals surface area contributed by atoms with Gasteiger partial charge in [-0.05, 0) is 46.4 Å². The molecule has 0 saturated carbocycles. The van der Waals surface area contributed by atoms with Crippen LogP contribution < -0.4 is 10.1 Å². The molecule has 7 heteroatoms. The molecule has 0 aliphatic heterocycles. The smallest absolute Gasteiger partial charge is 0.287 e. The Morgan fingerprint density at radius 2 is 2.00 bits per heavy atom. The van der Waals surface area contributed by atoms with Gasteiger partial charge in [0.15, 0.2) is 5.76 Å². The molecule has 0 radical (unpaired) electrons. The number of aryl methyl sites for hydroxylation is 1. The first-order valence-corrected chi connectivity index (χ1v) is 10.1. The van der Waals surface area contributed by atoms with Crippen LogP contribution in [0.25, 0.3) is 10.8 Å². The van der Waals surface area contributed by atoms with Crippen molar-refractivity contribution in [2.45, 2.75) is 26.6 Å². The molecule has 1 amide bonds. The van der Waals surface area contributed by atoms with Gasteiger partial charge >= 0.3 is 0 Å². The van der Waals surface area contributed by atoms with Gasteiger partial charge in [0.2, 0.25) is 0 Å². The third kappa shape index (κ3) is 4.35. The molecular formula is C22H20BrN3O3. The minimum atomic E-state index is -0.292. The molecular weight excluding hydrogens is 434 g/mol. The van der Waals surface area contributed by atoms with Gasteiger partial charge in [-0.3, -0.25) is 9.48 Å². The standard InChI is InChI=1S/C22H20BrN3O3/c1-2-26-13-18(23)19(25-26)12-24-22(27)21-11-10-16(29-21)14-28-20-9-5-7-15-6-3-4-8-17(15)20/h3-11,13H,2,12,14H2,1H3,(H,24,27). The maximum Gasteiger partial charge on any atom is 0.287 e. The van der Waals surface area contributed by atoms with Crippen molar-refractivity contribution in [3.05, 3.63) is 82.5 Å². The highest BCUT2D eigenvalue weighted by molar-refractivity contribution is 9.10. The lowest BCUT2D eigenvalue weighted by molar-refractivity contribution is 0.0918. The Hall–Kier alpha value is -3.06. The molecule has 1 N–H and O–H groups in total. The van der Waals surface area contributed by atoms with Gasteiger partial charge < -0.3 is 14.5 Å². The molecule has 0 bridgehead atoms. The van der Waals surface area contributed by atoms with Crippen LogP contribution in [0.15, 0.2) is 69.7 Å². The summed E-state index contributed by atoms with van der Waals surface area (Å²) in [4.78, 5) is 12.4. The Labute approximate surface area is 176 Å². The van der Waals surface area contributed by atoms with Gasteiger partial charge in [-0.15, -0.1) is 0 Å². The minimum Gasteiger partial charge on any atom is -0.485 e. The molecule has 4 rings (SSSR count). The van der Waals surface area contributed by atoms with E-state index in [1.807, 2.05) is 55.6 Å². The number of furan rings is 1. The molecule has 0 fully saturated rings. The average molecular weight is 454 g/mol. The fraction of sp³-hybridized carbons (Fsp3) is 0.182. The fourth-order valence-corrected chi connectivity index (χ4v) is 3.47. The number of halogens is 1. The number of carbonyl (C=O) groups is 1. The van der Waals surface area contributed by atoms with Crippen molar-refractivity contribution in [1.82, 2.24) is 15.1 Å². The normalized spacial score (nSPS) is 11.0. The van der Waals surface area contributed by atoms with E-state index < -0.39 is 0 Å². The first-order chi connectivity index (χ1) is 14.1. The highest BCUT2D eigenvalue weighted by Gasteiger charge is 2.14. The maximum absolute atomic E-state index is 12.4. The molecule has 0 spiro atoms. The summed E-state index contributed by atoms with van der Waals surface area (Å²) in [7, 11) is 0. The van der Waals surface area contributed by atoms with Crippen molar-refractivity contribution in [2.24, 2.45) is 0 Å². The third-order valence-electron chi connectivity index (χ3n) is 4.53. The molecule has 0 atom stereocenters. The number of carbonyl (C=O) groups excluding carboxylic acids is 1. The van der Waals surface area contributed by atoms with Crippen LogP contribution in [0.1, 0.15) is 28.9 Å². The molecule has 4 aromatic rings. The van der Waals surface area contributed by atoms with E-state index in [2.05, 4.69) is 26.3 Å². The van der Waals surface area contributed by atoms with Crippen molar-refractivity contribution in [2.75, 3.05) is 0 Å². The largest absolute Gasteiger partial charge is 0.485 e. The SMILES string of the molecule is CCn1cc(Br)c(CNC(=O)c2ccc(COc3cccc4ccccc34)o2)n1. The van der Waals surface area contributed by atoms with Crippen LogP contribution in [0, 0.1) is 0 Å². The molecule has 148 valence electrons. The molecule has 2 aromatic carbocycles. The number of hydrogen-bond donors (Lipinski definition) is 1. The van der Waals surface area contributed by atoms with Gasteiger partial charge in [0.1, 0.15) is 18.1 Å². The number of amides is 1. The summed E-state index contributed by atoms with van der Waals surface area (Å²) in [5.41, 5.74) is 0.770. The zero-order valence-corrected chi connectivity index (χ0v) is 17.5. The highest BCUT2D eigenvalue weighted by Crippen LogP contribution is 2.26. The average Bonchev–Trinajstić information content (AvgIpc) is 3.37. The van der Waals surface area contributed by atoms with Gasteiger partial charge in [0.05, 0.1) is 16.7 Å². The number of aromatic nitrogens is 2. The molecule has 2 aromatic heterocycles. The second-order valence-corrected chi connectivity index (χ2v) is 7.35. The Bertz CT molecular complexity index is 1140. The number of fused-ring (bicyclic) bond motifs is 1. The molecule has 6 nitrogen and oxygen atoms in total. The van der Waals surface area contributed by atoms with Crippen LogP contribution >= 0.6 is 15.9 Å². The van der Waals surface area contributed by atoms with E-state index in [1.165, 1.54) is 0 Å². The number of benzene rings is 2.